The van der Waals surface area contributed by atoms with Crippen LogP contribution in [0.1, 0.15) is 31.2 Å². The quantitative estimate of drug-likeness (QED) is 0.594. The molecule has 0 spiro atoms. The Hall–Kier alpha value is -2.17. The molecule has 0 saturated heterocycles. The van der Waals surface area contributed by atoms with E-state index in [1.54, 1.807) is 21.3 Å². The third-order valence-corrected chi connectivity index (χ3v) is 4.10. The zero-order valence-corrected chi connectivity index (χ0v) is 14.1. The minimum Gasteiger partial charge on any atom is -0.493 e. The fraction of sp³-hybridized carbons (Fsp3) is 0.500. The van der Waals surface area contributed by atoms with Gasteiger partial charge in [-0.1, -0.05) is 18.2 Å². The highest BCUT2D eigenvalue weighted by Crippen LogP contribution is 2.46. The number of hydrogen-bond donors (Lipinski definition) is 0. The van der Waals surface area contributed by atoms with Gasteiger partial charge in [-0.25, -0.2) is 0 Å². The summed E-state index contributed by atoms with van der Waals surface area (Å²) < 4.78 is 21.6. The molecule has 5 heteroatoms. The molecule has 0 amide bonds. The molecular formula is C18H24O5. The van der Waals surface area contributed by atoms with E-state index in [0.717, 1.165) is 18.4 Å². The minimum atomic E-state index is -0.216. The van der Waals surface area contributed by atoms with Gasteiger partial charge in [0.05, 0.1) is 33.9 Å². The fourth-order valence-corrected chi connectivity index (χ4v) is 3.05. The van der Waals surface area contributed by atoms with Crippen molar-refractivity contribution < 1.29 is 23.7 Å². The van der Waals surface area contributed by atoms with Crippen molar-refractivity contribution in [2.45, 2.75) is 25.7 Å². The molecule has 1 aliphatic carbocycles. The number of carbonyl (C=O) groups excluding carboxylic acids is 1. The molecule has 0 aliphatic heterocycles. The molecular weight excluding hydrogens is 296 g/mol. The van der Waals surface area contributed by atoms with Gasteiger partial charge in [0.15, 0.2) is 11.5 Å². The molecule has 0 bridgehead atoms. The lowest BCUT2D eigenvalue weighted by Crippen LogP contribution is -2.26. The van der Waals surface area contributed by atoms with Gasteiger partial charge in [-0.3, -0.25) is 4.79 Å². The van der Waals surface area contributed by atoms with Crippen LogP contribution in [0.3, 0.4) is 0 Å². The molecule has 2 atom stereocenters. The van der Waals surface area contributed by atoms with Crippen molar-refractivity contribution in [3.8, 4) is 17.2 Å². The fourth-order valence-electron chi connectivity index (χ4n) is 3.05. The summed E-state index contributed by atoms with van der Waals surface area (Å²) in [5, 5.41) is 0. The molecule has 0 radical (unpaired) electrons. The van der Waals surface area contributed by atoms with Crippen molar-refractivity contribution in [3.05, 3.63) is 29.8 Å². The van der Waals surface area contributed by atoms with Crippen LogP contribution in [-0.2, 0) is 9.53 Å². The van der Waals surface area contributed by atoms with Gasteiger partial charge in [0, 0.05) is 11.5 Å². The molecule has 5 nitrogen and oxygen atoms in total. The lowest BCUT2D eigenvalue weighted by atomic mass is 9.79. The average molecular weight is 320 g/mol. The topological polar surface area (TPSA) is 54.0 Å². The maximum Gasteiger partial charge on any atom is 0.309 e. The Balaban J connectivity index is 2.47. The highest BCUT2D eigenvalue weighted by atomic mass is 16.5. The molecule has 2 rings (SSSR count). The average Bonchev–Trinajstić information content (AvgIpc) is 2.60. The maximum atomic E-state index is 12.3. The van der Waals surface area contributed by atoms with E-state index in [-0.39, 0.29) is 17.8 Å². The molecule has 1 aliphatic rings. The Morgan fingerprint density at radius 1 is 1.13 bits per heavy atom. The zero-order chi connectivity index (χ0) is 16.8. The van der Waals surface area contributed by atoms with Gasteiger partial charge in [-0.05, 0) is 25.8 Å². The standard InChI is InChI=1S/C18H24O5/c1-5-23-18(19)14-9-7-6-8-12(14)13-10-11-15(20-2)17(22-4)16(13)21-3/h6,8,10-12,14H,5,7,9H2,1-4H3. The van der Waals surface area contributed by atoms with Crippen LogP contribution in [0.2, 0.25) is 0 Å². The first kappa shape index (κ1) is 17.2. The summed E-state index contributed by atoms with van der Waals surface area (Å²) in [6.45, 7) is 2.21. The molecule has 126 valence electrons. The van der Waals surface area contributed by atoms with Gasteiger partial charge in [-0.15, -0.1) is 0 Å². The number of allylic oxidation sites excluding steroid dienone is 2. The highest BCUT2D eigenvalue weighted by Gasteiger charge is 2.33. The first-order valence-electron chi connectivity index (χ1n) is 7.80. The van der Waals surface area contributed by atoms with Crippen LogP contribution in [0, 0.1) is 5.92 Å². The summed E-state index contributed by atoms with van der Waals surface area (Å²) in [4.78, 5) is 12.3. The number of benzene rings is 1. The molecule has 2 unspecified atom stereocenters. The predicted molar refractivity (Wildman–Crippen MR) is 87.3 cm³/mol. The van der Waals surface area contributed by atoms with E-state index in [1.165, 1.54) is 0 Å². The molecule has 0 heterocycles. The predicted octanol–water partition coefficient (Wildman–Crippen LogP) is 3.33. The molecule has 0 fully saturated rings. The first-order chi connectivity index (χ1) is 11.2. The maximum absolute atomic E-state index is 12.3. The summed E-state index contributed by atoms with van der Waals surface area (Å²) in [6.07, 6.45) is 5.78. The number of methoxy groups -OCH3 is 3. The highest BCUT2D eigenvalue weighted by molar-refractivity contribution is 5.75. The van der Waals surface area contributed by atoms with E-state index in [1.807, 2.05) is 19.1 Å². The minimum absolute atomic E-state index is 0.0995. The van der Waals surface area contributed by atoms with Crippen LogP contribution in [0.25, 0.3) is 0 Å². The van der Waals surface area contributed by atoms with E-state index in [0.29, 0.717) is 23.9 Å². The summed E-state index contributed by atoms with van der Waals surface area (Å²) in [6, 6.07) is 3.76. The molecule has 23 heavy (non-hydrogen) atoms. The molecule has 1 aromatic carbocycles. The van der Waals surface area contributed by atoms with E-state index < -0.39 is 0 Å². The summed E-state index contributed by atoms with van der Waals surface area (Å²) in [5.41, 5.74) is 0.902. The smallest absolute Gasteiger partial charge is 0.309 e. The number of ether oxygens (including phenoxy) is 4. The zero-order valence-electron chi connectivity index (χ0n) is 14.1. The van der Waals surface area contributed by atoms with E-state index in [9.17, 15) is 4.79 Å². The summed E-state index contributed by atoms with van der Waals surface area (Å²) in [5.74, 6) is 1.25. The van der Waals surface area contributed by atoms with Crippen LogP contribution >= 0.6 is 0 Å². The van der Waals surface area contributed by atoms with Gasteiger partial charge in [0.1, 0.15) is 0 Å². The summed E-state index contributed by atoms with van der Waals surface area (Å²) >= 11 is 0. The Labute approximate surface area is 137 Å². The van der Waals surface area contributed by atoms with Crippen molar-refractivity contribution in [3.63, 3.8) is 0 Å². The second-order valence-corrected chi connectivity index (χ2v) is 5.31. The van der Waals surface area contributed by atoms with E-state index >= 15 is 0 Å². The number of esters is 1. The normalized spacial score (nSPS) is 20.0. The van der Waals surface area contributed by atoms with Crippen LogP contribution < -0.4 is 14.2 Å². The third-order valence-electron chi connectivity index (χ3n) is 4.10. The third kappa shape index (κ3) is 3.44. The van der Waals surface area contributed by atoms with Gasteiger partial charge < -0.3 is 18.9 Å². The van der Waals surface area contributed by atoms with E-state index in [2.05, 4.69) is 12.2 Å². The Morgan fingerprint density at radius 2 is 1.87 bits per heavy atom. The largest absolute Gasteiger partial charge is 0.493 e. The van der Waals surface area contributed by atoms with Gasteiger partial charge >= 0.3 is 5.97 Å². The van der Waals surface area contributed by atoms with Crippen molar-refractivity contribution in [1.82, 2.24) is 0 Å². The van der Waals surface area contributed by atoms with Crippen LogP contribution in [0.5, 0.6) is 17.2 Å². The summed E-state index contributed by atoms with van der Waals surface area (Å²) in [7, 11) is 4.75. The van der Waals surface area contributed by atoms with Crippen molar-refractivity contribution in [1.29, 1.82) is 0 Å². The van der Waals surface area contributed by atoms with Gasteiger partial charge in [-0.2, -0.15) is 0 Å². The van der Waals surface area contributed by atoms with E-state index in [4.69, 9.17) is 18.9 Å². The van der Waals surface area contributed by atoms with Crippen LogP contribution in [0.4, 0.5) is 0 Å². The number of rotatable bonds is 6. The number of carbonyl (C=O) groups is 1. The molecule has 0 N–H and O–H groups in total. The lowest BCUT2D eigenvalue weighted by molar-refractivity contribution is -0.148. The van der Waals surface area contributed by atoms with Gasteiger partial charge in [0.2, 0.25) is 5.75 Å². The van der Waals surface area contributed by atoms with Crippen LogP contribution in [0.15, 0.2) is 24.3 Å². The Bertz CT molecular complexity index is 579. The van der Waals surface area contributed by atoms with Gasteiger partial charge in [0.25, 0.3) is 0 Å². The Morgan fingerprint density at radius 3 is 2.48 bits per heavy atom. The van der Waals surface area contributed by atoms with Crippen molar-refractivity contribution in [2.24, 2.45) is 5.92 Å². The number of hydrogen-bond acceptors (Lipinski definition) is 5. The van der Waals surface area contributed by atoms with Crippen molar-refractivity contribution >= 4 is 5.97 Å². The lowest BCUT2D eigenvalue weighted by Gasteiger charge is -2.28. The van der Waals surface area contributed by atoms with Crippen molar-refractivity contribution in [2.75, 3.05) is 27.9 Å². The SMILES string of the molecule is CCOC(=O)C1CCC=CC1c1ccc(OC)c(OC)c1OC. The van der Waals surface area contributed by atoms with Crippen LogP contribution in [-0.4, -0.2) is 33.9 Å². The monoisotopic (exact) mass is 320 g/mol. The second kappa shape index (κ2) is 7.90. The second-order valence-electron chi connectivity index (χ2n) is 5.31. The molecule has 0 aromatic heterocycles. The Kier molecular flexibility index (Phi) is 5.90. The molecule has 1 aromatic rings. The first-order valence-corrected chi connectivity index (χ1v) is 7.80. The molecule has 0 saturated carbocycles.